The summed E-state index contributed by atoms with van der Waals surface area (Å²) in [6.07, 6.45) is 4.13. The molecule has 2 aliphatic rings. The van der Waals surface area contributed by atoms with Crippen LogP contribution < -0.4 is 0 Å². The minimum Gasteiger partial charge on any atom is -0.508 e. The van der Waals surface area contributed by atoms with Crippen molar-refractivity contribution in [3.63, 3.8) is 0 Å². The Hall–Kier alpha value is -1.85. The lowest BCUT2D eigenvalue weighted by Gasteiger charge is -2.38. The molecule has 4 nitrogen and oxygen atoms in total. The molecule has 1 aromatic heterocycles. The zero-order valence-corrected chi connectivity index (χ0v) is 16.8. The lowest BCUT2D eigenvalue weighted by atomic mass is 9.89. The number of phenolic OH excluding ortho intramolecular Hbond substituents is 1. The van der Waals surface area contributed by atoms with Gasteiger partial charge in [0, 0.05) is 11.4 Å². The lowest BCUT2D eigenvalue weighted by Crippen LogP contribution is -2.46. The molecule has 5 heteroatoms. The number of carbonyl (C=O) groups excluding carboxylic acids is 1. The Balaban J connectivity index is 1.34. The highest BCUT2D eigenvalue weighted by molar-refractivity contribution is 7.10. The highest BCUT2D eigenvalue weighted by Crippen LogP contribution is 2.35. The van der Waals surface area contributed by atoms with Crippen LogP contribution in [-0.2, 0) is 11.2 Å². The minimum atomic E-state index is 0.252. The second kappa shape index (κ2) is 8.03. The third-order valence-corrected chi connectivity index (χ3v) is 7.11. The number of aromatic hydroxyl groups is 1. The zero-order valence-electron chi connectivity index (χ0n) is 15.9. The van der Waals surface area contributed by atoms with Crippen molar-refractivity contribution in [1.82, 2.24) is 9.80 Å². The fourth-order valence-electron chi connectivity index (χ4n) is 4.59. The van der Waals surface area contributed by atoms with Gasteiger partial charge in [-0.05, 0) is 79.4 Å². The smallest absolute Gasteiger partial charge is 0.237 e. The van der Waals surface area contributed by atoms with Gasteiger partial charge in [0.15, 0.2) is 0 Å². The van der Waals surface area contributed by atoms with Gasteiger partial charge in [0.05, 0.1) is 12.6 Å². The van der Waals surface area contributed by atoms with Crippen molar-refractivity contribution in [3.05, 3.63) is 51.7 Å². The zero-order chi connectivity index (χ0) is 18.8. The first-order chi connectivity index (χ1) is 13.2. The van der Waals surface area contributed by atoms with Crippen LogP contribution in [0.2, 0.25) is 0 Å². The van der Waals surface area contributed by atoms with Crippen LogP contribution in [0.3, 0.4) is 0 Å². The second-order valence-corrected chi connectivity index (χ2v) is 8.70. The molecule has 1 amide bonds. The van der Waals surface area contributed by atoms with Crippen molar-refractivity contribution >= 4 is 17.2 Å². The molecule has 1 aromatic carbocycles. The van der Waals surface area contributed by atoms with E-state index in [0.29, 0.717) is 18.2 Å². The third-order valence-electron chi connectivity index (χ3n) is 6.11. The van der Waals surface area contributed by atoms with Gasteiger partial charge in [-0.3, -0.25) is 9.69 Å². The number of likely N-dealkylation sites (tertiary alicyclic amines) is 1. The molecule has 0 saturated carbocycles. The van der Waals surface area contributed by atoms with E-state index in [1.807, 2.05) is 23.5 Å². The average molecular weight is 385 g/mol. The predicted octanol–water partition coefficient (Wildman–Crippen LogP) is 4.17. The quantitative estimate of drug-likeness (QED) is 0.860. The summed E-state index contributed by atoms with van der Waals surface area (Å²) in [6, 6.07) is 10.0. The van der Waals surface area contributed by atoms with Gasteiger partial charge in [0.1, 0.15) is 5.75 Å². The fraction of sp³-hybridized carbons (Fsp3) is 0.500. The predicted molar refractivity (Wildman–Crippen MR) is 109 cm³/mol. The number of hydrogen-bond donors (Lipinski definition) is 1. The van der Waals surface area contributed by atoms with Gasteiger partial charge in [-0.1, -0.05) is 19.1 Å². The Kier molecular flexibility index (Phi) is 5.50. The van der Waals surface area contributed by atoms with Crippen molar-refractivity contribution < 1.29 is 9.90 Å². The van der Waals surface area contributed by atoms with Gasteiger partial charge in [-0.2, -0.15) is 0 Å². The van der Waals surface area contributed by atoms with Crippen molar-refractivity contribution in [3.8, 4) is 5.75 Å². The van der Waals surface area contributed by atoms with E-state index in [0.717, 1.165) is 45.3 Å². The maximum absolute atomic E-state index is 13.0. The third kappa shape index (κ3) is 3.90. The van der Waals surface area contributed by atoms with Crippen LogP contribution in [0.5, 0.6) is 5.75 Å². The van der Waals surface area contributed by atoms with Gasteiger partial charge >= 0.3 is 0 Å². The molecule has 0 radical (unpaired) electrons. The van der Waals surface area contributed by atoms with Gasteiger partial charge in [0.2, 0.25) is 5.91 Å². The van der Waals surface area contributed by atoms with Crippen molar-refractivity contribution in [2.24, 2.45) is 0 Å². The van der Waals surface area contributed by atoms with Crippen LogP contribution in [-0.4, -0.2) is 47.0 Å². The molecule has 2 aliphatic heterocycles. The van der Waals surface area contributed by atoms with E-state index in [9.17, 15) is 9.90 Å². The normalized spacial score (nSPS) is 21.2. The number of carbonyl (C=O) groups is 1. The minimum absolute atomic E-state index is 0.252. The molecule has 0 spiro atoms. The van der Waals surface area contributed by atoms with Gasteiger partial charge in [-0.25, -0.2) is 0 Å². The van der Waals surface area contributed by atoms with E-state index in [2.05, 4.69) is 28.2 Å². The number of fused-ring (bicyclic) bond motifs is 1. The number of thiophene rings is 1. The number of hydrogen-bond acceptors (Lipinski definition) is 4. The molecule has 2 aromatic rings. The van der Waals surface area contributed by atoms with E-state index < -0.39 is 0 Å². The number of benzene rings is 1. The summed E-state index contributed by atoms with van der Waals surface area (Å²) in [6.45, 7) is 5.51. The first kappa shape index (κ1) is 18.5. The summed E-state index contributed by atoms with van der Waals surface area (Å²) in [4.78, 5) is 18.9. The van der Waals surface area contributed by atoms with E-state index in [4.69, 9.17) is 0 Å². The molecule has 144 valence electrons. The topological polar surface area (TPSA) is 43.8 Å². The molecule has 1 unspecified atom stereocenters. The molecule has 1 atom stereocenters. The number of nitrogens with zero attached hydrogens (tertiary/aromatic N) is 2. The van der Waals surface area contributed by atoms with E-state index in [1.54, 1.807) is 12.1 Å². The maximum atomic E-state index is 13.0. The summed E-state index contributed by atoms with van der Waals surface area (Å²) >= 11 is 1.83. The average Bonchev–Trinajstić information content (AvgIpc) is 3.17. The van der Waals surface area contributed by atoms with Crippen molar-refractivity contribution in [2.45, 2.75) is 44.6 Å². The fourth-order valence-corrected chi connectivity index (χ4v) is 5.52. The standard InChI is InChI=1S/C22H28N2O2S/c1-2-20-19-10-14-27-21(19)9-13-24(20)22(26)15-23-11-7-17(8-12-23)16-3-5-18(25)6-4-16/h3-6,10,14,17,20,25H,2,7-9,11-13,15H2,1H3. The molecular weight excluding hydrogens is 356 g/mol. The number of amides is 1. The monoisotopic (exact) mass is 384 g/mol. The Labute approximate surface area is 165 Å². The highest BCUT2D eigenvalue weighted by atomic mass is 32.1. The van der Waals surface area contributed by atoms with Crippen molar-refractivity contribution in [2.75, 3.05) is 26.2 Å². The molecule has 0 aliphatic carbocycles. The van der Waals surface area contributed by atoms with Crippen LogP contribution in [0.1, 0.15) is 54.1 Å². The largest absolute Gasteiger partial charge is 0.508 e. The highest BCUT2D eigenvalue weighted by Gasteiger charge is 2.31. The Morgan fingerprint density at radius 1 is 1.15 bits per heavy atom. The summed E-state index contributed by atoms with van der Waals surface area (Å²) < 4.78 is 0. The van der Waals surface area contributed by atoms with Crippen LogP contribution >= 0.6 is 11.3 Å². The van der Waals surface area contributed by atoms with E-state index >= 15 is 0 Å². The number of phenols is 1. The molecule has 1 fully saturated rings. The first-order valence-electron chi connectivity index (χ1n) is 10.0. The van der Waals surface area contributed by atoms with Crippen LogP contribution in [0, 0.1) is 0 Å². The second-order valence-electron chi connectivity index (χ2n) is 7.70. The van der Waals surface area contributed by atoms with Crippen LogP contribution in [0.25, 0.3) is 0 Å². The van der Waals surface area contributed by atoms with Crippen molar-refractivity contribution in [1.29, 1.82) is 0 Å². The summed E-state index contributed by atoms with van der Waals surface area (Å²) in [5, 5.41) is 11.6. The molecule has 4 rings (SSSR count). The van der Waals surface area contributed by atoms with E-state index in [1.165, 1.54) is 16.0 Å². The SMILES string of the molecule is CCC1c2ccsc2CCN1C(=O)CN1CCC(c2ccc(O)cc2)CC1. The molecule has 3 heterocycles. The summed E-state index contributed by atoms with van der Waals surface area (Å²) in [7, 11) is 0. The molecule has 1 N–H and O–H groups in total. The van der Waals surface area contributed by atoms with Crippen LogP contribution in [0.15, 0.2) is 35.7 Å². The Morgan fingerprint density at radius 3 is 2.59 bits per heavy atom. The Bertz CT molecular complexity index is 778. The lowest BCUT2D eigenvalue weighted by molar-refractivity contribution is -0.135. The maximum Gasteiger partial charge on any atom is 0.237 e. The Morgan fingerprint density at radius 2 is 1.89 bits per heavy atom. The first-order valence-corrected chi connectivity index (χ1v) is 10.9. The summed E-state index contributed by atoms with van der Waals surface area (Å²) in [5.41, 5.74) is 2.67. The van der Waals surface area contributed by atoms with E-state index in [-0.39, 0.29) is 11.9 Å². The molecule has 1 saturated heterocycles. The van der Waals surface area contributed by atoms with Crippen LogP contribution in [0.4, 0.5) is 0 Å². The molecule has 0 bridgehead atoms. The van der Waals surface area contributed by atoms with Gasteiger partial charge in [-0.15, -0.1) is 11.3 Å². The molecular formula is C22H28N2O2S. The van der Waals surface area contributed by atoms with Gasteiger partial charge < -0.3 is 10.0 Å². The molecule has 27 heavy (non-hydrogen) atoms. The van der Waals surface area contributed by atoms with Gasteiger partial charge in [0.25, 0.3) is 0 Å². The number of piperidine rings is 1. The summed E-state index contributed by atoms with van der Waals surface area (Å²) in [5.74, 6) is 1.13. The number of rotatable bonds is 4.